The summed E-state index contributed by atoms with van der Waals surface area (Å²) in [7, 11) is -0.317. The number of anilines is 2. The summed E-state index contributed by atoms with van der Waals surface area (Å²) in [6.07, 6.45) is 0. The lowest BCUT2D eigenvalue weighted by atomic mass is 10.2. The maximum atomic E-state index is 12.6. The molecule has 0 aliphatic heterocycles. The molecular formula is C23H25N3O4S. The molecule has 162 valence electrons. The maximum Gasteiger partial charge on any atom is 0.261 e. The summed E-state index contributed by atoms with van der Waals surface area (Å²) in [5.74, 6) is 0.294. The minimum absolute atomic E-state index is 0.104. The fourth-order valence-electron chi connectivity index (χ4n) is 2.94. The molecule has 0 saturated carbocycles. The summed E-state index contributed by atoms with van der Waals surface area (Å²) >= 11 is 0. The summed E-state index contributed by atoms with van der Waals surface area (Å²) < 4.78 is 32.8. The Hall–Kier alpha value is -3.52. The average Bonchev–Trinajstić information content (AvgIpc) is 2.79. The van der Waals surface area contributed by atoms with Gasteiger partial charge in [0.25, 0.3) is 15.9 Å². The molecule has 3 rings (SSSR count). The molecule has 3 aromatic rings. The van der Waals surface area contributed by atoms with Crippen molar-refractivity contribution in [2.75, 3.05) is 36.9 Å². The van der Waals surface area contributed by atoms with E-state index in [9.17, 15) is 13.2 Å². The molecule has 0 radical (unpaired) electrons. The van der Waals surface area contributed by atoms with Crippen LogP contribution >= 0.6 is 0 Å². The molecule has 0 aromatic heterocycles. The summed E-state index contributed by atoms with van der Waals surface area (Å²) in [6, 6.07) is 22.3. The van der Waals surface area contributed by atoms with E-state index in [-0.39, 0.29) is 10.8 Å². The van der Waals surface area contributed by atoms with Gasteiger partial charge in [-0.1, -0.05) is 24.3 Å². The molecule has 0 aliphatic carbocycles. The van der Waals surface area contributed by atoms with Gasteiger partial charge < -0.3 is 15.0 Å². The second-order valence-electron chi connectivity index (χ2n) is 6.87. The van der Waals surface area contributed by atoms with Gasteiger partial charge in [0.1, 0.15) is 5.75 Å². The number of sulfonamides is 1. The number of methoxy groups -OCH3 is 1. The second-order valence-corrected chi connectivity index (χ2v) is 8.56. The normalized spacial score (nSPS) is 10.9. The van der Waals surface area contributed by atoms with Crippen LogP contribution in [0.4, 0.5) is 11.4 Å². The van der Waals surface area contributed by atoms with Crippen LogP contribution in [0.3, 0.4) is 0 Å². The van der Waals surface area contributed by atoms with Crippen LogP contribution in [0.2, 0.25) is 0 Å². The molecule has 0 bridgehead atoms. The molecule has 0 aliphatic rings. The van der Waals surface area contributed by atoms with Crippen molar-refractivity contribution in [1.82, 2.24) is 5.32 Å². The lowest BCUT2D eigenvalue weighted by molar-refractivity contribution is 0.0954. The number of nitrogens with zero attached hydrogens (tertiary/aromatic N) is 1. The number of carbonyl (C=O) groups excluding carboxylic acids is 1. The Bertz CT molecular complexity index is 1120. The quantitative estimate of drug-likeness (QED) is 0.534. The van der Waals surface area contributed by atoms with E-state index in [0.29, 0.717) is 30.1 Å². The Morgan fingerprint density at radius 1 is 0.968 bits per heavy atom. The molecular weight excluding hydrogens is 414 g/mol. The van der Waals surface area contributed by atoms with E-state index in [1.54, 1.807) is 30.3 Å². The van der Waals surface area contributed by atoms with Gasteiger partial charge in [-0.15, -0.1) is 0 Å². The Labute approximate surface area is 182 Å². The van der Waals surface area contributed by atoms with E-state index in [1.165, 1.54) is 25.3 Å². The molecule has 7 nitrogen and oxygen atoms in total. The first-order valence-corrected chi connectivity index (χ1v) is 11.2. The first-order valence-electron chi connectivity index (χ1n) is 9.70. The zero-order valence-corrected chi connectivity index (χ0v) is 18.2. The van der Waals surface area contributed by atoms with Crippen molar-refractivity contribution in [1.29, 1.82) is 0 Å². The highest BCUT2D eigenvalue weighted by atomic mass is 32.2. The molecule has 31 heavy (non-hydrogen) atoms. The van der Waals surface area contributed by atoms with Crippen LogP contribution in [0, 0.1) is 0 Å². The molecule has 0 fully saturated rings. The summed E-state index contributed by atoms with van der Waals surface area (Å²) in [5, 5.41) is 2.86. The molecule has 2 N–H and O–H groups in total. The Balaban J connectivity index is 1.60. The van der Waals surface area contributed by atoms with Crippen molar-refractivity contribution < 1.29 is 17.9 Å². The number of nitrogens with one attached hydrogen (secondary N) is 2. The SMILES string of the molecule is COc1ccc(S(=O)(=O)Nc2cccc(C(=O)NCCN(C)c3ccccc3)c2)cc1. The van der Waals surface area contributed by atoms with E-state index in [4.69, 9.17) is 4.74 Å². The zero-order chi connectivity index (χ0) is 22.3. The molecule has 0 spiro atoms. The highest BCUT2D eigenvalue weighted by molar-refractivity contribution is 7.92. The van der Waals surface area contributed by atoms with E-state index in [0.717, 1.165) is 5.69 Å². The molecule has 0 saturated heterocycles. The molecule has 0 atom stereocenters. The highest BCUT2D eigenvalue weighted by Crippen LogP contribution is 2.20. The third kappa shape index (κ3) is 5.99. The number of ether oxygens (including phenoxy) is 1. The lowest BCUT2D eigenvalue weighted by Gasteiger charge is -2.19. The fraction of sp³-hybridized carbons (Fsp3) is 0.174. The minimum Gasteiger partial charge on any atom is -0.497 e. The number of amides is 1. The third-order valence-corrected chi connectivity index (χ3v) is 6.07. The fourth-order valence-corrected chi connectivity index (χ4v) is 3.99. The van der Waals surface area contributed by atoms with Gasteiger partial charge >= 0.3 is 0 Å². The summed E-state index contributed by atoms with van der Waals surface area (Å²) in [4.78, 5) is 14.6. The van der Waals surface area contributed by atoms with E-state index in [1.807, 2.05) is 42.3 Å². The van der Waals surface area contributed by atoms with Crippen LogP contribution in [-0.4, -0.2) is 41.6 Å². The Morgan fingerprint density at radius 2 is 1.68 bits per heavy atom. The molecule has 1 amide bonds. The first kappa shape index (κ1) is 22.2. The highest BCUT2D eigenvalue weighted by Gasteiger charge is 2.15. The monoisotopic (exact) mass is 439 g/mol. The second kappa shape index (κ2) is 9.99. The molecule has 0 unspecified atom stereocenters. The van der Waals surface area contributed by atoms with Gasteiger partial charge in [0, 0.05) is 37.1 Å². The van der Waals surface area contributed by atoms with Crippen LogP contribution in [0.25, 0.3) is 0 Å². The van der Waals surface area contributed by atoms with Crippen molar-refractivity contribution >= 4 is 27.3 Å². The predicted octanol–water partition coefficient (Wildman–Crippen LogP) is 3.36. The minimum atomic E-state index is -3.78. The third-order valence-electron chi connectivity index (χ3n) is 4.68. The Morgan fingerprint density at radius 3 is 2.35 bits per heavy atom. The van der Waals surface area contributed by atoms with Crippen LogP contribution in [0.15, 0.2) is 83.8 Å². The van der Waals surface area contributed by atoms with Gasteiger partial charge in [0.05, 0.1) is 12.0 Å². The van der Waals surface area contributed by atoms with Crippen LogP contribution in [-0.2, 0) is 10.0 Å². The molecule has 8 heteroatoms. The van der Waals surface area contributed by atoms with Crippen molar-refractivity contribution in [3.63, 3.8) is 0 Å². The van der Waals surface area contributed by atoms with Gasteiger partial charge in [-0.25, -0.2) is 8.42 Å². The smallest absolute Gasteiger partial charge is 0.261 e. The van der Waals surface area contributed by atoms with Gasteiger partial charge in [0.2, 0.25) is 0 Å². The van der Waals surface area contributed by atoms with Gasteiger partial charge in [-0.05, 0) is 54.6 Å². The van der Waals surface area contributed by atoms with E-state index >= 15 is 0 Å². The predicted molar refractivity (Wildman–Crippen MR) is 122 cm³/mol. The van der Waals surface area contributed by atoms with Gasteiger partial charge in [-0.2, -0.15) is 0 Å². The Kier molecular flexibility index (Phi) is 7.15. The van der Waals surface area contributed by atoms with Crippen molar-refractivity contribution in [3.05, 3.63) is 84.4 Å². The van der Waals surface area contributed by atoms with Crippen LogP contribution < -0.4 is 19.7 Å². The lowest BCUT2D eigenvalue weighted by Crippen LogP contribution is -2.33. The number of likely N-dealkylation sites (N-methyl/N-ethyl adjacent to an activating group) is 1. The zero-order valence-electron chi connectivity index (χ0n) is 17.4. The van der Waals surface area contributed by atoms with Crippen molar-refractivity contribution in [2.24, 2.45) is 0 Å². The maximum absolute atomic E-state index is 12.6. The number of benzene rings is 3. The van der Waals surface area contributed by atoms with E-state index < -0.39 is 10.0 Å². The largest absolute Gasteiger partial charge is 0.497 e. The van der Waals surface area contributed by atoms with Crippen molar-refractivity contribution in [3.8, 4) is 5.75 Å². The first-order chi connectivity index (χ1) is 14.9. The van der Waals surface area contributed by atoms with Gasteiger partial charge in [-0.3, -0.25) is 9.52 Å². The standard InChI is InChI=1S/C23H25N3O4S/c1-26(20-9-4-3-5-10-20)16-15-24-23(27)18-7-6-8-19(17-18)25-31(28,29)22-13-11-21(30-2)12-14-22/h3-14,17,25H,15-16H2,1-2H3,(H,24,27). The average molecular weight is 440 g/mol. The topological polar surface area (TPSA) is 87.7 Å². The molecule has 0 heterocycles. The van der Waals surface area contributed by atoms with Crippen molar-refractivity contribution in [2.45, 2.75) is 4.90 Å². The van der Waals surface area contributed by atoms with Crippen LogP contribution in [0.1, 0.15) is 10.4 Å². The number of hydrogen-bond donors (Lipinski definition) is 2. The molecule has 3 aromatic carbocycles. The number of carbonyl (C=O) groups is 1. The number of rotatable bonds is 9. The number of para-hydroxylation sites is 1. The van der Waals surface area contributed by atoms with E-state index in [2.05, 4.69) is 10.0 Å². The summed E-state index contributed by atoms with van der Waals surface area (Å²) in [6.45, 7) is 1.09. The summed E-state index contributed by atoms with van der Waals surface area (Å²) in [5.41, 5.74) is 1.74. The number of hydrogen-bond acceptors (Lipinski definition) is 5. The van der Waals surface area contributed by atoms with Gasteiger partial charge in [0.15, 0.2) is 0 Å². The van der Waals surface area contributed by atoms with Crippen LogP contribution in [0.5, 0.6) is 5.75 Å².